The maximum absolute atomic E-state index is 13.9. The summed E-state index contributed by atoms with van der Waals surface area (Å²) in [6.45, 7) is 2.27. The molecule has 0 aromatic heterocycles. The molecule has 0 fully saturated rings. The van der Waals surface area contributed by atoms with Crippen LogP contribution >= 0.6 is 0 Å². The SMILES string of the molecule is CCOc1cc(/C=N\NC(=O)c2ccc(C#N)cc2F)ccc1OCc1cccc([N+](=O)[O-])c1. The molecule has 1 amide bonds. The minimum atomic E-state index is -0.823. The van der Waals surface area contributed by atoms with Gasteiger partial charge >= 0.3 is 0 Å². The Morgan fingerprint density at radius 3 is 2.71 bits per heavy atom. The van der Waals surface area contributed by atoms with Gasteiger partial charge in [-0.25, -0.2) is 9.82 Å². The number of hydrogen-bond acceptors (Lipinski definition) is 7. The Morgan fingerprint density at radius 1 is 1.18 bits per heavy atom. The first kappa shape index (κ1) is 23.9. The second-order valence-corrected chi connectivity index (χ2v) is 6.86. The number of benzene rings is 3. The summed E-state index contributed by atoms with van der Waals surface area (Å²) < 4.78 is 25.3. The van der Waals surface area contributed by atoms with Crippen LogP contribution in [0.15, 0.2) is 65.8 Å². The van der Waals surface area contributed by atoms with E-state index in [2.05, 4.69) is 10.5 Å². The van der Waals surface area contributed by atoms with E-state index in [1.54, 1.807) is 43.3 Å². The summed E-state index contributed by atoms with van der Waals surface area (Å²) in [5.41, 5.74) is 3.27. The fraction of sp³-hybridized carbons (Fsp3) is 0.125. The van der Waals surface area contributed by atoms with Gasteiger partial charge in [0.1, 0.15) is 12.4 Å². The van der Waals surface area contributed by atoms with Gasteiger partial charge in [0.2, 0.25) is 0 Å². The van der Waals surface area contributed by atoms with Gasteiger partial charge in [0.05, 0.1) is 34.9 Å². The molecule has 0 bridgehead atoms. The largest absolute Gasteiger partial charge is 0.490 e. The van der Waals surface area contributed by atoms with Crippen LogP contribution < -0.4 is 14.9 Å². The van der Waals surface area contributed by atoms with Gasteiger partial charge in [0.15, 0.2) is 11.5 Å². The lowest BCUT2D eigenvalue weighted by Crippen LogP contribution is -2.19. The molecule has 0 saturated carbocycles. The zero-order chi connectivity index (χ0) is 24.5. The number of rotatable bonds is 9. The second kappa shape index (κ2) is 11.2. The molecular formula is C24H19FN4O5. The van der Waals surface area contributed by atoms with Crippen LogP contribution in [0.25, 0.3) is 0 Å². The fourth-order valence-corrected chi connectivity index (χ4v) is 2.91. The molecule has 0 spiro atoms. The van der Waals surface area contributed by atoms with Crippen LogP contribution in [0, 0.1) is 27.3 Å². The van der Waals surface area contributed by atoms with Gasteiger partial charge < -0.3 is 9.47 Å². The number of ether oxygens (including phenoxy) is 2. The first-order chi connectivity index (χ1) is 16.4. The van der Waals surface area contributed by atoms with Gasteiger partial charge in [-0.3, -0.25) is 14.9 Å². The maximum atomic E-state index is 13.9. The predicted octanol–water partition coefficient (Wildman–Crippen LogP) is 4.35. The average molecular weight is 462 g/mol. The summed E-state index contributed by atoms with van der Waals surface area (Å²) in [6.07, 6.45) is 1.35. The van der Waals surface area contributed by atoms with Crippen molar-refractivity contribution < 1.29 is 23.6 Å². The van der Waals surface area contributed by atoms with E-state index in [0.717, 1.165) is 6.07 Å². The average Bonchev–Trinajstić information content (AvgIpc) is 2.83. The predicted molar refractivity (Wildman–Crippen MR) is 121 cm³/mol. The van der Waals surface area contributed by atoms with Crippen molar-refractivity contribution in [1.29, 1.82) is 5.26 Å². The van der Waals surface area contributed by atoms with E-state index in [0.29, 0.717) is 29.2 Å². The van der Waals surface area contributed by atoms with Crippen molar-refractivity contribution >= 4 is 17.8 Å². The van der Waals surface area contributed by atoms with E-state index in [-0.39, 0.29) is 23.4 Å². The molecule has 0 aliphatic rings. The molecule has 0 aliphatic heterocycles. The number of halogens is 1. The van der Waals surface area contributed by atoms with Crippen LogP contribution in [0.2, 0.25) is 0 Å². The van der Waals surface area contributed by atoms with E-state index < -0.39 is 16.6 Å². The van der Waals surface area contributed by atoms with Gasteiger partial charge in [0.25, 0.3) is 11.6 Å². The Labute approximate surface area is 194 Å². The number of non-ortho nitro benzene ring substituents is 1. The number of amides is 1. The molecule has 10 heteroatoms. The smallest absolute Gasteiger partial charge is 0.274 e. The molecule has 9 nitrogen and oxygen atoms in total. The molecule has 34 heavy (non-hydrogen) atoms. The Hall–Kier alpha value is -4.78. The Balaban J connectivity index is 1.68. The number of nitrogens with one attached hydrogen (secondary N) is 1. The normalized spacial score (nSPS) is 10.5. The third-order valence-corrected chi connectivity index (χ3v) is 4.51. The first-order valence-corrected chi connectivity index (χ1v) is 10.1. The minimum absolute atomic E-state index is 0.0272. The molecule has 0 radical (unpaired) electrons. The summed E-state index contributed by atoms with van der Waals surface area (Å²) in [5.74, 6) is -0.744. The van der Waals surface area contributed by atoms with Gasteiger partial charge in [-0.2, -0.15) is 10.4 Å². The Kier molecular flexibility index (Phi) is 7.86. The third-order valence-electron chi connectivity index (χ3n) is 4.51. The molecule has 3 rings (SSSR count). The van der Waals surface area contributed by atoms with Crippen LogP contribution in [0.1, 0.15) is 34.0 Å². The standard InChI is InChI=1S/C24H19FN4O5/c1-2-33-23-12-17(14-27-28-24(30)20-8-6-16(13-26)11-21(20)25)7-9-22(23)34-15-18-4-3-5-19(10-18)29(31)32/h3-12,14H,2,15H2,1H3,(H,28,30)/b27-14-. The second-order valence-electron chi connectivity index (χ2n) is 6.86. The Morgan fingerprint density at radius 2 is 2.00 bits per heavy atom. The fourth-order valence-electron chi connectivity index (χ4n) is 2.91. The molecule has 3 aromatic carbocycles. The van der Waals surface area contributed by atoms with Crippen LogP contribution in [0.4, 0.5) is 10.1 Å². The number of nitro benzene ring substituents is 1. The molecule has 3 aromatic rings. The van der Waals surface area contributed by atoms with Gasteiger partial charge in [0, 0.05) is 12.1 Å². The molecule has 1 N–H and O–H groups in total. The summed E-state index contributed by atoms with van der Waals surface area (Å²) in [6, 6.07) is 16.4. The number of carbonyl (C=O) groups is 1. The number of nitriles is 1. The number of nitro groups is 1. The van der Waals surface area contributed by atoms with Crippen molar-refractivity contribution in [3.05, 3.63) is 98.8 Å². The van der Waals surface area contributed by atoms with E-state index >= 15 is 0 Å². The van der Waals surface area contributed by atoms with Crippen molar-refractivity contribution in [3.63, 3.8) is 0 Å². The highest BCUT2D eigenvalue weighted by molar-refractivity contribution is 5.95. The molecule has 172 valence electrons. The molecule has 0 atom stereocenters. The van der Waals surface area contributed by atoms with Gasteiger partial charge in [-0.1, -0.05) is 12.1 Å². The Bertz CT molecular complexity index is 1290. The van der Waals surface area contributed by atoms with E-state index in [9.17, 15) is 19.3 Å². The van der Waals surface area contributed by atoms with Crippen molar-refractivity contribution in [2.45, 2.75) is 13.5 Å². The highest BCUT2D eigenvalue weighted by atomic mass is 19.1. The quantitative estimate of drug-likeness (QED) is 0.286. The lowest BCUT2D eigenvalue weighted by atomic mass is 10.1. The van der Waals surface area contributed by atoms with Crippen molar-refractivity contribution in [3.8, 4) is 17.6 Å². The third kappa shape index (κ3) is 6.14. The number of hydrazone groups is 1. The molecule has 0 heterocycles. The lowest BCUT2D eigenvalue weighted by Gasteiger charge is -2.12. The van der Waals surface area contributed by atoms with Gasteiger partial charge in [-0.15, -0.1) is 0 Å². The van der Waals surface area contributed by atoms with E-state index in [1.807, 2.05) is 0 Å². The van der Waals surface area contributed by atoms with Crippen LogP contribution in [0.5, 0.6) is 11.5 Å². The van der Waals surface area contributed by atoms with Crippen LogP contribution in [-0.4, -0.2) is 23.7 Å². The number of hydrogen-bond donors (Lipinski definition) is 1. The van der Waals surface area contributed by atoms with Crippen LogP contribution in [0.3, 0.4) is 0 Å². The zero-order valence-corrected chi connectivity index (χ0v) is 18.0. The number of nitrogens with zero attached hydrogens (tertiary/aromatic N) is 3. The summed E-state index contributed by atoms with van der Waals surface area (Å²) in [5, 5.41) is 23.5. The van der Waals surface area contributed by atoms with Crippen molar-refractivity contribution in [2.75, 3.05) is 6.61 Å². The van der Waals surface area contributed by atoms with Crippen LogP contribution in [-0.2, 0) is 6.61 Å². The van der Waals surface area contributed by atoms with Gasteiger partial charge in [-0.05, 0) is 54.4 Å². The van der Waals surface area contributed by atoms with Crippen molar-refractivity contribution in [2.24, 2.45) is 5.10 Å². The molecule has 0 saturated heterocycles. The van der Waals surface area contributed by atoms with E-state index in [4.69, 9.17) is 14.7 Å². The summed E-state index contributed by atoms with van der Waals surface area (Å²) in [4.78, 5) is 22.6. The highest BCUT2D eigenvalue weighted by Gasteiger charge is 2.12. The number of carbonyl (C=O) groups excluding carboxylic acids is 1. The first-order valence-electron chi connectivity index (χ1n) is 10.1. The van der Waals surface area contributed by atoms with Crippen molar-refractivity contribution in [1.82, 2.24) is 5.43 Å². The minimum Gasteiger partial charge on any atom is -0.490 e. The maximum Gasteiger partial charge on any atom is 0.274 e. The zero-order valence-electron chi connectivity index (χ0n) is 18.0. The topological polar surface area (TPSA) is 127 Å². The molecule has 0 unspecified atom stereocenters. The summed E-state index contributed by atoms with van der Waals surface area (Å²) >= 11 is 0. The lowest BCUT2D eigenvalue weighted by molar-refractivity contribution is -0.384. The highest BCUT2D eigenvalue weighted by Crippen LogP contribution is 2.29. The summed E-state index contributed by atoms with van der Waals surface area (Å²) in [7, 11) is 0. The molecular weight excluding hydrogens is 443 g/mol. The monoisotopic (exact) mass is 462 g/mol. The van der Waals surface area contributed by atoms with E-state index in [1.165, 1.54) is 30.5 Å². The molecule has 0 aliphatic carbocycles.